The lowest BCUT2D eigenvalue weighted by molar-refractivity contribution is -0.156. The molecule has 2 fully saturated rings. The quantitative estimate of drug-likeness (QED) is 0.0506. The van der Waals surface area contributed by atoms with Crippen molar-refractivity contribution in [2.45, 2.75) is 114 Å². The number of halogens is 4. The van der Waals surface area contributed by atoms with E-state index in [0.29, 0.717) is 12.8 Å². The van der Waals surface area contributed by atoms with Crippen LogP contribution in [0.15, 0.2) is 107 Å². The molecule has 6 nitrogen and oxygen atoms in total. The first kappa shape index (κ1) is 49.2. The molecule has 2 saturated carbocycles. The number of benzene rings is 3. The van der Waals surface area contributed by atoms with Gasteiger partial charge in [-0.25, -0.2) is 8.78 Å². The lowest BCUT2D eigenvalue weighted by Gasteiger charge is -2.45. The van der Waals surface area contributed by atoms with Crippen LogP contribution in [0.1, 0.15) is 118 Å². The topological polar surface area (TPSA) is 89.9 Å². The number of aliphatic hydroxyl groups excluding tert-OH is 1. The van der Waals surface area contributed by atoms with Crippen molar-refractivity contribution in [3.63, 3.8) is 0 Å². The number of hydrogen-bond donors (Lipinski definition) is 1. The molecule has 336 valence electrons. The Morgan fingerprint density at radius 2 is 1.33 bits per heavy atom. The van der Waals surface area contributed by atoms with Crippen molar-refractivity contribution in [1.82, 2.24) is 0 Å². The highest BCUT2D eigenvalue weighted by atomic mass is 35.5. The number of ether oxygens (including phenoxy) is 2. The second-order valence-corrected chi connectivity index (χ2v) is 19.7. The van der Waals surface area contributed by atoms with Crippen molar-refractivity contribution >= 4 is 46.3 Å². The Morgan fingerprint density at radius 1 is 0.794 bits per heavy atom. The van der Waals surface area contributed by atoms with Crippen LogP contribution in [0.25, 0.3) is 5.76 Å². The summed E-state index contributed by atoms with van der Waals surface area (Å²) in [6, 6.07) is 12.7. The molecule has 4 unspecified atom stereocenters. The van der Waals surface area contributed by atoms with Gasteiger partial charge in [0.25, 0.3) is 0 Å². The summed E-state index contributed by atoms with van der Waals surface area (Å²) in [6.07, 6.45) is 7.69. The largest absolute Gasteiger partial charge is 0.506 e. The molecular weight excluding hydrogens is 841 g/mol. The summed E-state index contributed by atoms with van der Waals surface area (Å²) in [4.78, 5) is 46.9. The smallest absolute Gasteiger partial charge is 0.184 e. The fourth-order valence-electron chi connectivity index (χ4n) is 9.04. The first-order valence-electron chi connectivity index (χ1n) is 21.4. The molecule has 2 aliphatic carbocycles. The Bertz CT molecular complexity index is 2370. The molecule has 0 radical (unpaired) electrons. The average Bonchev–Trinajstić information content (AvgIpc) is 3.26. The molecule has 2 aliphatic rings. The fraction of sp³-hybridized carbons (Fsp3) is 0.415. The second kappa shape index (κ2) is 19.9. The van der Waals surface area contributed by atoms with Crippen molar-refractivity contribution < 1.29 is 37.7 Å². The normalized spacial score (nSPS) is 21.8. The summed E-state index contributed by atoms with van der Waals surface area (Å²) in [5, 5.41) is 12.8. The van der Waals surface area contributed by atoms with Gasteiger partial charge in [-0.2, -0.15) is 0 Å². The van der Waals surface area contributed by atoms with Gasteiger partial charge in [0.05, 0.1) is 20.9 Å². The fourth-order valence-corrected chi connectivity index (χ4v) is 9.48. The summed E-state index contributed by atoms with van der Waals surface area (Å²) in [6.45, 7) is 21.5. The molecule has 10 heteroatoms. The molecule has 3 aromatic carbocycles. The van der Waals surface area contributed by atoms with Crippen LogP contribution in [0.2, 0.25) is 10.0 Å². The third kappa shape index (κ3) is 10.6. The van der Waals surface area contributed by atoms with Gasteiger partial charge in [-0.1, -0.05) is 96.3 Å². The van der Waals surface area contributed by atoms with Crippen molar-refractivity contribution in [1.29, 1.82) is 0 Å². The number of allylic oxidation sites excluding steroid dienone is 8. The minimum atomic E-state index is -1.69. The van der Waals surface area contributed by atoms with Crippen molar-refractivity contribution in [3.05, 3.63) is 146 Å². The van der Waals surface area contributed by atoms with E-state index in [1.807, 2.05) is 54.5 Å². The van der Waals surface area contributed by atoms with Crippen molar-refractivity contribution in [2.75, 3.05) is 0 Å². The lowest BCUT2D eigenvalue weighted by atomic mass is 9.53. The van der Waals surface area contributed by atoms with Gasteiger partial charge in [0.2, 0.25) is 0 Å². The molecule has 5 rings (SSSR count). The SMILES string of the molecule is C=C(C)C(CC=C(C)C)CC12CC(CC=C(C)C)C(C)(C)CC(CC=C(C)C)(C(=O)C(=C(O)c3ccc(OCc4c(F)cccc4Cl)c(OCc4c(F)cccc4Cl)c3)C1=O)C2=O. The zero-order valence-corrected chi connectivity index (χ0v) is 39.5. The minimum Gasteiger partial charge on any atom is -0.506 e. The van der Waals surface area contributed by atoms with Crippen LogP contribution >= 0.6 is 23.2 Å². The third-order valence-electron chi connectivity index (χ3n) is 12.7. The summed E-state index contributed by atoms with van der Waals surface area (Å²) in [5.41, 5.74) is -0.397. The van der Waals surface area contributed by atoms with E-state index in [1.54, 1.807) is 0 Å². The first-order valence-corrected chi connectivity index (χ1v) is 22.2. The van der Waals surface area contributed by atoms with Gasteiger partial charge in [0.15, 0.2) is 28.8 Å². The van der Waals surface area contributed by atoms with Crippen LogP contribution in [-0.2, 0) is 27.6 Å². The Labute approximate surface area is 381 Å². The van der Waals surface area contributed by atoms with Crippen LogP contribution in [0.5, 0.6) is 11.5 Å². The summed E-state index contributed by atoms with van der Waals surface area (Å²) >= 11 is 12.7. The van der Waals surface area contributed by atoms with E-state index < -0.39 is 56.6 Å². The number of fused-ring (bicyclic) bond motifs is 2. The molecule has 0 heterocycles. The molecule has 0 amide bonds. The van der Waals surface area contributed by atoms with Gasteiger partial charge in [0, 0.05) is 16.7 Å². The molecular formula is C53H60Cl2F2O6. The maximum Gasteiger partial charge on any atom is 0.184 e. The van der Waals surface area contributed by atoms with Crippen LogP contribution in [0, 0.1) is 39.7 Å². The highest BCUT2D eigenvalue weighted by molar-refractivity contribution is 6.41. The lowest BCUT2D eigenvalue weighted by Crippen LogP contribution is -2.59. The van der Waals surface area contributed by atoms with Crippen LogP contribution in [-0.4, -0.2) is 22.5 Å². The van der Waals surface area contributed by atoms with Crippen LogP contribution < -0.4 is 9.47 Å². The van der Waals surface area contributed by atoms with Crippen molar-refractivity contribution in [3.8, 4) is 11.5 Å². The number of carbonyl (C=O) groups is 3. The molecule has 3 aromatic rings. The zero-order valence-electron chi connectivity index (χ0n) is 37.9. The number of aliphatic hydroxyl groups is 1. The Kier molecular flexibility index (Phi) is 15.6. The Morgan fingerprint density at radius 3 is 1.86 bits per heavy atom. The summed E-state index contributed by atoms with van der Waals surface area (Å²) < 4.78 is 42.0. The van der Waals surface area contributed by atoms with E-state index in [0.717, 1.165) is 22.3 Å². The highest BCUT2D eigenvalue weighted by Gasteiger charge is 2.68. The van der Waals surface area contributed by atoms with E-state index in [2.05, 4.69) is 32.6 Å². The van der Waals surface area contributed by atoms with Crippen LogP contribution in [0.3, 0.4) is 0 Å². The van der Waals surface area contributed by atoms with E-state index in [9.17, 15) is 13.9 Å². The van der Waals surface area contributed by atoms with Gasteiger partial charge in [0.1, 0.15) is 36.2 Å². The van der Waals surface area contributed by atoms with E-state index in [4.69, 9.17) is 32.7 Å². The third-order valence-corrected chi connectivity index (χ3v) is 13.5. The van der Waals surface area contributed by atoms with Gasteiger partial charge < -0.3 is 14.6 Å². The molecule has 4 atom stereocenters. The number of rotatable bonds is 16. The van der Waals surface area contributed by atoms with E-state index in [1.165, 1.54) is 54.6 Å². The maximum absolute atomic E-state index is 15.7. The van der Waals surface area contributed by atoms with Gasteiger partial charge in [-0.05, 0) is 147 Å². The zero-order chi connectivity index (χ0) is 46.6. The van der Waals surface area contributed by atoms with Crippen LogP contribution in [0.4, 0.5) is 8.78 Å². The highest BCUT2D eigenvalue weighted by Crippen LogP contribution is 2.61. The first-order chi connectivity index (χ1) is 29.5. The van der Waals surface area contributed by atoms with E-state index in [-0.39, 0.29) is 89.0 Å². The second-order valence-electron chi connectivity index (χ2n) is 18.8. The maximum atomic E-state index is 15.7. The predicted octanol–water partition coefficient (Wildman–Crippen LogP) is 14.5. The summed E-state index contributed by atoms with van der Waals surface area (Å²) in [7, 11) is 0. The number of ketones is 3. The van der Waals surface area contributed by atoms with Crippen molar-refractivity contribution in [2.24, 2.45) is 28.1 Å². The summed E-state index contributed by atoms with van der Waals surface area (Å²) in [5.74, 6) is -4.13. The van der Waals surface area contributed by atoms with E-state index >= 15 is 14.4 Å². The number of carbonyl (C=O) groups excluding carboxylic acids is 3. The number of Topliss-reactive ketones (excluding diaryl/α,β-unsaturated/α-hetero) is 3. The molecule has 0 aliphatic heterocycles. The van der Waals surface area contributed by atoms with Gasteiger partial charge >= 0.3 is 0 Å². The molecule has 63 heavy (non-hydrogen) atoms. The number of hydrogen-bond acceptors (Lipinski definition) is 6. The monoisotopic (exact) mass is 900 g/mol. The average molecular weight is 902 g/mol. The Hall–Kier alpha value is -4.79. The molecule has 0 spiro atoms. The standard InChI is InChI=1S/C53H60Cl2F2O6/c1-31(2)17-19-36(34(7)8)26-53-27-37(21-18-32(3)4)51(9,10)30-52(50(53)61,24-23-33(5)6)48(59)46(49(53)60)47(58)35-20-22-44(62-28-38-40(54)13-11-15-42(38)56)45(25-35)63-29-39-41(55)14-12-16-43(39)57/h11-18,20,22-23,25,36-37,58H,7,19,21,24,26-30H2,1-6,8-10H3. The molecule has 0 aromatic heterocycles. The Balaban J connectivity index is 1.77. The van der Waals surface area contributed by atoms with Gasteiger partial charge in [-0.3, -0.25) is 14.4 Å². The molecule has 1 N–H and O–H groups in total. The molecule has 0 saturated heterocycles. The minimum absolute atomic E-state index is 0.0116. The van der Waals surface area contributed by atoms with Gasteiger partial charge in [-0.15, -0.1) is 0 Å². The predicted molar refractivity (Wildman–Crippen MR) is 249 cm³/mol. The molecule has 2 bridgehead atoms.